The van der Waals surface area contributed by atoms with E-state index in [9.17, 15) is 0 Å². The molecule has 2 aromatic carbocycles. The van der Waals surface area contributed by atoms with Crippen LogP contribution in [0.1, 0.15) is 115 Å². The molecule has 0 heteroatoms. The molecule has 0 amide bonds. The summed E-state index contributed by atoms with van der Waals surface area (Å²) in [5.74, 6) is 0. The zero-order valence-corrected chi connectivity index (χ0v) is 22.2. The van der Waals surface area contributed by atoms with Gasteiger partial charge >= 0.3 is 0 Å². The molecule has 0 N–H and O–H groups in total. The van der Waals surface area contributed by atoms with E-state index in [1.807, 2.05) is 0 Å². The molecule has 2 aromatic rings. The number of hydrogen-bond acceptors (Lipinski definition) is 0. The van der Waals surface area contributed by atoms with Gasteiger partial charge in [-0.2, -0.15) is 0 Å². The van der Waals surface area contributed by atoms with E-state index in [0.717, 1.165) is 6.42 Å². The molecule has 2 aliphatic carbocycles. The van der Waals surface area contributed by atoms with E-state index in [4.69, 9.17) is 0 Å². The van der Waals surface area contributed by atoms with Crippen LogP contribution in [0.2, 0.25) is 0 Å². The van der Waals surface area contributed by atoms with Crippen molar-refractivity contribution >= 4 is 12.2 Å². The molecule has 2 aliphatic rings. The molecule has 0 aliphatic heterocycles. The highest BCUT2D eigenvalue weighted by Crippen LogP contribution is 2.52. The highest BCUT2D eigenvalue weighted by molar-refractivity contribution is 5.82. The Morgan fingerprint density at radius 2 is 1.06 bits per heavy atom. The first-order chi connectivity index (χ1) is 16.4. The summed E-state index contributed by atoms with van der Waals surface area (Å²) in [6.07, 6.45) is 19.6. The summed E-state index contributed by atoms with van der Waals surface area (Å²) in [5, 5.41) is 0. The van der Waals surface area contributed by atoms with Crippen LogP contribution < -0.4 is 0 Å². The maximum absolute atomic E-state index is 2.58. The highest BCUT2D eigenvalue weighted by Gasteiger charge is 2.40. The van der Waals surface area contributed by atoms with Crippen molar-refractivity contribution in [3.8, 4) is 0 Å². The van der Waals surface area contributed by atoms with Crippen molar-refractivity contribution in [3.05, 3.63) is 93.6 Å². The predicted octanol–water partition coefficient (Wildman–Crippen LogP) is 10.2. The molecule has 0 spiro atoms. The SMILES string of the molecule is CCCCCCCCCCC=C(C1=Cc2ccccc2C1(C)C)C1=Cc2ccccc2C1(C)C. The lowest BCUT2D eigenvalue weighted by atomic mass is 9.71. The summed E-state index contributed by atoms with van der Waals surface area (Å²) in [6.45, 7) is 11.9. The number of unbranched alkanes of at least 4 members (excludes halogenated alkanes) is 8. The Balaban J connectivity index is 1.57. The fraction of sp³-hybridized carbons (Fsp3) is 0.471. The maximum atomic E-state index is 2.58. The molecular formula is C34H44. The van der Waals surface area contributed by atoms with Gasteiger partial charge < -0.3 is 0 Å². The third-order valence-electron chi connectivity index (χ3n) is 8.20. The largest absolute Gasteiger partial charge is 0.0766 e. The Morgan fingerprint density at radius 3 is 1.53 bits per heavy atom. The quantitative estimate of drug-likeness (QED) is 0.297. The Bertz CT molecular complexity index is 1010. The zero-order valence-electron chi connectivity index (χ0n) is 22.2. The van der Waals surface area contributed by atoms with Crippen molar-refractivity contribution in [1.29, 1.82) is 0 Å². The first kappa shape index (κ1) is 24.8. The molecule has 0 aromatic heterocycles. The average molecular weight is 453 g/mol. The van der Waals surface area contributed by atoms with Crippen LogP contribution in [0.4, 0.5) is 0 Å². The number of hydrogen-bond donors (Lipinski definition) is 0. The average Bonchev–Trinajstić information content (AvgIpc) is 3.25. The van der Waals surface area contributed by atoms with E-state index < -0.39 is 0 Å². The van der Waals surface area contributed by atoms with E-state index >= 15 is 0 Å². The Kier molecular flexibility index (Phi) is 7.66. The van der Waals surface area contributed by atoms with Gasteiger partial charge in [0.1, 0.15) is 0 Å². The molecule has 180 valence electrons. The van der Waals surface area contributed by atoms with Gasteiger partial charge in [0.15, 0.2) is 0 Å². The normalized spacial score (nSPS) is 17.1. The molecule has 0 heterocycles. The van der Waals surface area contributed by atoms with Crippen molar-refractivity contribution in [2.45, 2.75) is 103 Å². The van der Waals surface area contributed by atoms with E-state index in [1.165, 1.54) is 90.3 Å². The van der Waals surface area contributed by atoms with Crippen LogP contribution in [0.3, 0.4) is 0 Å². The van der Waals surface area contributed by atoms with Crippen molar-refractivity contribution < 1.29 is 0 Å². The lowest BCUT2D eigenvalue weighted by Gasteiger charge is -2.32. The second kappa shape index (κ2) is 10.5. The molecule has 0 nitrogen and oxygen atoms in total. The molecule has 4 rings (SSSR count). The van der Waals surface area contributed by atoms with Gasteiger partial charge in [0.25, 0.3) is 0 Å². The first-order valence-corrected chi connectivity index (χ1v) is 13.7. The minimum absolute atomic E-state index is 0.0212. The van der Waals surface area contributed by atoms with Crippen molar-refractivity contribution in [2.75, 3.05) is 0 Å². The van der Waals surface area contributed by atoms with Gasteiger partial charge in [-0.3, -0.25) is 0 Å². The van der Waals surface area contributed by atoms with Crippen LogP contribution in [-0.2, 0) is 10.8 Å². The lowest BCUT2D eigenvalue weighted by Crippen LogP contribution is -2.24. The number of fused-ring (bicyclic) bond motifs is 2. The highest BCUT2D eigenvalue weighted by atomic mass is 14.4. The third kappa shape index (κ3) is 4.88. The van der Waals surface area contributed by atoms with Crippen molar-refractivity contribution in [1.82, 2.24) is 0 Å². The summed E-state index contributed by atoms with van der Waals surface area (Å²) in [4.78, 5) is 0. The van der Waals surface area contributed by atoms with E-state index in [1.54, 1.807) is 0 Å². The van der Waals surface area contributed by atoms with Crippen molar-refractivity contribution in [2.24, 2.45) is 0 Å². The number of allylic oxidation sites excluding steroid dienone is 4. The standard InChI is InChI=1S/C34H44/c1-6-7-8-9-10-11-12-13-14-21-28(31-24-26-19-15-17-22-29(26)33(31,2)3)32-25-27-20-16-18-23-30(27)34(32,4)5/h15-25H,6-14H2,1-5H3. The van der Waals surface area contributed by atoms with Gasteiger partial charge in [0, 0.05) is 10.8 Å². The zero-order chi connectivity index (χ0) is 24.2. The molecule has 0 saturated heterocycles. The van der Waals surface area contributed by atoms with Crippen molar-refractivity contribution in [3.63, 3.8) is 0 Å². The van der Waals surface area contributed by atoms with Gasteiger partial charge in [0.05, 0.1) is 0 Å². The lowest BCUT2D eigenvalue weighted by molar-refractivity contribution is 0.576. The van der Waals surface area contributed by atoms with Crippen LogP contribution in [-0.4, -0.2) is 0 Å². The fourth-order valence-corrected chi connectivity index (χ4v) is 6.06. The molecule has 0 atom stereocenters. The smallest absolute Gasteiger partial charge is 0.0158 e. The number of rotatable bonds is 11. The molecule has 34 heavy (non-hydrogen) atoms. The fourth-order valence-electron chi connectivity index (χ4n) is 6.06. The Hall–Kier alpha value is -2.34. The van der Waals surface area contributed by atoms with Gasteiger partial charge in [-0.15, -0.1) is 0 Å². The van der Waals surface area contributed by atoms with Crippen LogP contribution >= 0.6 is 0 Å². The molecular weight excluding hydrogens is 408 g/mol. The third-order valence-corrected chi connectivity index (χ3v) is 8.20. The van der Waals surface area contributed by atoms with Gasteiger partial charge in [0.2, 0.25) is 0 Å². The summed E-state index contributed by atoms with van der Waals surface area (Å²) in [6, 6.07) is 17.9. The summed E-state index contributed by atoms with van der Waals surface area (Å²) in [7, 11) is 0. The monoisotopic (exact) mass is 452 g/mol. The van der Waals surface area contributed by atoms with E-state index in [2.05, 4.69) is 101 Å². The molecule has 0 saturated carbocycles. The summed E-state index contributed by atoms with van der Waals surface area (Å²) >= 11 is 0. The van der Waals surface area contributed by atoms with Gasteiger partial charge in [-0.25, -0.2) is 0 Å². The molecule has 0 bridgehead atoms. The second-order valence-electron chi connectivity index (χ2n) is 11.4. The Morgan fingerprint density at radius 1 is 0.618 bits per heavy atom. The topological polar surface area (TPSA) is 0 Å². The van der Waals surface area contributed by atoms with Gasteiger partial charge in [-0.05, 0) is 64.0 Å². The number of benzene rings is 2. The predicted molar refractivity (Wildman–Crippen MR) is 150 cm³/mol. The van der Waals surface area contributed by atoms with Gasteiger partial charge in [-0.1, -0.05) is 134 Å². The molecule has 0 unspecified atom stereocenters. The van der Waals surface area contributed by atoms with E-state index in [-0.39, 0.29) is 10.8 Å². The Labute approximate surface area is 208 Å². The first-order valence-electron chi connectivity index (χ1n) is 13.7. The summed E-state index contributed by atoms with van der Waals surface area (Å²) < 4.78 is 0. The molecule has 0 fully saturated rings. The maximum Gasteiger partial charge on any atom is 0.0158 e. The molecule has 0 radical (unpaired) electrons. The van der Waals surface area contributed by atoms with E-state index in [0.29, 0.717) is 0 Å². The van der Waals surface area contributed by atoms with Crippen LogP contribution in [0.5, 0.6) is 0 Å². The van der Waals surface area contributed by atoms with Crippen LogP contribution in [0.25, 0.3) is 12.2 Å². The summed E-state index contributed by atoms with van der Waals surface area (Å²) in [5.41, 5.74) is 10.2. The minimum atomic E-state index is 0.0212. The van der Waals surface area contributed by atoms with Crippen LogP contribution in [0, 0.1) is 0 Å². The minimum Gasteiger partial charge on any atom is -0.0766 e. The van der Waals surface area contributed by atoms with Crippen LogP contribution in [0.15, 0.2) is 71.3 Å². The second-order valence-corrected chi connectivity index (χ2v) is 11.4.